The molecule has 0 saturated heterocycles. The predicted octanol–water partition coefficient (Wildman–Crippen LogP) is 5.10. The molecule has 3 aromatic rings. The number of nitrogens with zero attached hydrogens (tertiary/aromatic N) is 1. The van der Waals surface area contributed by atoms with Crippen molar-refractivity contribution in [3.63, 3.8) is 0 Å². The third-order valence-corrected chi connectivity index (χ3v) is 5.62. The number of nitrogens with one attached hydrogen (secondary N) is 1. The maximum absolute atomic E-state index is 12.7. The van der Waals surface area contributed by atoms with Crippen LogP contribution in [0.15, 0.2) is 82.2 Å². The number of para-hydroxylation sites is 1. The molecular formula is C20H16BrN2O4S-. The summed E-state index contributed by atoms with van der Waals surface area (Å²) in [6.07, 6.45) is 0. The van der Waals surface area contributed by atoms with Gasteiger partial charge in [0.1, 0.15) is 15.8 Å². The SMILES string of the molecule is COc1ccccc1[N-]S(=O)(=O)c1cccc(C(=O)Nc2ccc(Br)cc2)c1. The summed E-state index contributed by atoms with van der Waals surface area (Å²) >= 11 is 3.33. The zero-order valence-electron chi connectivity index (χ0n) is 14.8. The molecule has 6 nitrogen and oxygen atoms in total. The quantitative estimate of drug-likeness (QED) is 0.554. The van der Waals surface area contributed by atoms with Gasteiger partial charge in [0.25, 0.3) is 5.91 Å². The second-order valence-corrected chi connectivity index (χ2v) is 8.25. The van der Waals surface area contributed by atoms with Crippen LogP contribution in [0, 0.1) is 0 Å². The lowest BCUT2D eigenvalue weighted by atomic mass is 10.2. The number of carbonyl (C=O) groups is 1. The Balaban J connectivity index is 1.83. The van der Waals surface area contributed by atoms with Crippen LogP contribution >= 0.6 is 15.9 Å². The number of halogens is 1. The highest BCUT2D eigenvalue weighted by atomic mass is 79.9. The van der Waals surface area contributed by atoms with Gasteiger partial charge in [-0.3, -0.25) is 4.79 Å². The third-order valence-electron chi connectivity index (χ3n) is 3.80. The van der Waals surface area contributed by atoms with Gasteiger partial charge in [0.15, 0.2) is 0 Å². The first-order valence-corrected chi connectivity index (χ1v) is 10.4. The zero-order valence-corrected chi connectivity index (χ0v) is 17.2. The van der Waals surface area contributed by atoms with Crippen LogP contribution in [-0.4, -0.2) is 21.4 Å². The van der Waals surface area contributed by atoms with E-state index < -0.39 is 15.9 Å². The highest BCUT2D eigenvalue weighted by Gasteiger charge is 2.12. The van der Waals surface area contributed by atoms with Gasteiger partial charge in [-0.05, 0) is 48.5 Å². The zero-order chi connectivity index (χ0) is 20.1. The van der Waals surface area contributed by atoms with Gasteiger partial charge in [0.2, 0.25) is 0 Å². The third kappa shape index (κ3) is 4.71. The molecule has 0 aliphatic heterocycles. The standard InChI is InChI=1S/C20H16BrN2O4S/c1-27-19-8-3-2-7-18(19)23-28(25,26)17-6-4-5-14(13-17)20(24)22-16-11-9-15(21)10-12-16/h2-13H,1H3,(H,22,24)/q-1. The summed E-state index contributed by atoms with van der Waals surface area (Å²) in [5.74, 6) is -0.0770. The van der Waals surface area contributed by atoms with Crippen LogP contribution in [0.5, 0.6) is 5.75 Å². The van der Waals surface area contributed by atoms with Crippen LogP contribution in [0.3, 0.4) is 0 Å². The molecule has 0 unspecified atom stereocenters. The van der Waals surface area contributed by atoms with Crippen molar-refractivity contribution >= 4 is 43.2 Å². The molecule has 0 aliphatic carbocycles. The maximum Gasteiger partial charge on any atom is 0.255 e. The molecular weight excluding hydrogens is 444 g/mol. The average molecular weight is 460 g/mol. The average Bonchev–Trinajstić information content (AvgIpc) is 2.70. The second-order valence-electron chi connectivity index (χ2n) is 5.73. The minimum absolute atomic E-state index is 0.0816. The van der Waals surface area contributed by atoms with Crippen LogP contribution < -0.4 is 10.1 Å². The fourth-order valence-electron chi connectivity index (χ4n) is 2.42. The molecule has 0 heterocycles. The van der Waals surface area contributed by atoms with E-state index in [1.807, 2.05) is 0 Å². The van der Waals surface area contributed by atoms with Crippen molar-refractivity contribution in [1.29, 1.82) is 0 Å². The second kappa shape index (κ2) is 8.45. The van der Waals surface area contributed by atoms with E-state index in [4.69, 9.17) is 4.74 Å². The van der Waals surface area contributed by atoms with Crippen molar-refractivity contribution < 1.29 is 17.9 Å². The molecule has 3 rings (SSSR count). The van der Waals surface area contributed by atoms with E-state index in [9.17, 15) is 13.2 Å². The maximum atomic E-state index is 12.7. The lowest BCUT2D eigenvalue weighted by Crippen LogP contribution is -2.12. The molecule has 0 aliphatic rings. The Hall–Kier alpha value is -2.84. The topological polar surface area (TPSA) is 86.6 Å². The van der Waals surface area contributed by atoms with Gasteiger partial charge in [-0.25, -0.2) is 8.42 Å². The molecule has 1 N–H and O–H groups in total. The highest BCUT2D eigenvalue weighted by Crippen LogP contribution is 2.35. The number of hydrogen-bond acceptors (Lipinski definition) is 4. The fourth-order valence-corrected chi connectivity index (χ4v) is 3.73. The number of benzene rings is 3. The Kier molecular flexibility index (Phi) is 6.01. The van der Waals surface area contributed by atoms with Crippen LogP contribution in [-0.2, 0) is 10.0 Å². The number of ether oxygens (including phenoxy) is 1. The van der Waals surface area contributed by atoms with Crippen LogP contribution in [0.4, 0.5) is 11.4 Å². The Morgan fingerprint density at radius 2 is 1.71 bits per heavy atom. The Labute approximate surface area is 171 Å². The number of rotatable bonds is 6. The molecule has 28 heavy (non-hydrogen) atoms. The molecule has 0 radical (unpaired) electrons. The van der Waals surface area contributed by atoms with E-state index in [2.05, 4.69) is 26.0 Å². The number of carbonyl (C=O) groups excluding carboxylic acids is 1. The summed E-state index contributed by atoms with van der Waals surface area (Å²) in [5.41, 5.74) is 0.995. The lowest BCUT2D eigenvalue weighted by molar-refractivity contribution is 0.102. The summed E-state index contributed by atoms with van der Waals surface area (Å²) < 4.78 is 35.2. The molecule has 0 atom stereocenters. The predicted molar refractivity (Wildman–Crippen MR) is 112 cm³/mol. The summed E-state index contributed by atoms with van der Waals surface area (Å²) in [5, 5.41) is 2.73. The molecule has 1 amide bonds. The molecule has 0 spiro atoms. The number of sulfonamides is 1. The van der Waals surface area contributed by atoms with Gasteiger partial charge in [-0.2, -0.15) is 0 Å². The molecule has 3 aromatic carbocycles. The molecule has 144 valence electrons. The molecule has 0 bridgehead atoms. The first-order chi connectivity index (χ1) is 13.4. The smallest absolute Gasteiger partial charge is 0.255 e. The fraction of sp³-hybridized carbons (Fsp3) is 0.0500. The van der Waals surface area contributed by atoms with E-state index in [0.29, 0.717) is 11.4 Å². The van der Waals surface area contributed by atoms with Crippen molar-refractivity contribution in [2.24, 2.45) is 0 Å². The number of methoxy groups -OCH3 is 1. The largest absolute Gasteiger partial charge is 0.570 e. The number of hydrogen-bond donors (Lipinski definition) is 1. The molecule has 0 fully saturated rings. The summed E-state index contributed by atoms with van der Waals surface area (Å²) in [7, 11) is -2.58. The molecule has 0 aromatic heterocycles. The first-order valence-electron chi connectivity index (χ1n) is 8.17. The minimum Gasteiger partial charge on any atom is -0.570 e. The van der Waals surface area contributed by atoms with Crippen LogP contribution in [0.1, 0.15) is 10.4 Å². The van der Waals surface area contributed by atoms with Gasteiger partial charge in [-0.15, -0.1) is 0 Å². The Morgan fingerprint density at radius 1 is 1.00 bits per heavy atom. The monoisotopic (exact) mass is 459 g/mol. The van der Waals surface area contributed by atoms with Crippen molar-refractivity contribution in [1.82, 2.24) is 0 Å². The number of anilines is 1. The van der Waals surface area contributed by atoms with E-state index >= 15 is 0 Å². The highest BCUT2D eigenvalue weighted by molar-refractivity contribution is 9.10. The normalized spacial score (nSPS) is 10.9. The number of amides is 1. The summed E-state index contributed by atoms with van der Waals surface area (Å²) in [6, 6.07) is 19.3. The minimum atomic E-state index is -4.02. The molecule has 0 saturated carbocycles. The van der Waals surface area contributed by atoms with Crippen molar-refractivity contribution in [2.45, 2.75) is 4.90 Å². The van der Waals surface area contributed by atoms with Crippen LogP contribution in [0.25, 0.3) is 4.72 Å². The Bertz CT molecular complexity index is 1100. The lowest BCUT2D eigenvalue weighted by Gasteiger charge is -2.24. The molecule has 8 heteroatoms. The van der Waals surface area contributed by atoms with Crippen molar-refractivity contribution in [3.05, 3.63) is 87.6 Å². The van der Waals surface area contributed by atoms with Gasteiger partial charge in [-0.1, -0.05) is 45.9 Å². The van der Waals surface area contributed by atoms with Crippen molar-refractivity contribution in [3.8, 4) is 5.75 Å². The van der Waals surface area contributed by atoms with E-state index in [1.165, 1.54) is 31.4 Å². The summed E-state index contributed by atoms with van der Waals surface area (Å²) in [4.78, 5) is 12.4. The Morgan fingerprint density at radius 3 is 2.43 bits per heavy atom. The van der Waals surface area contributed by atoms with Gasteiger partial charge >= 0.3 is 0 Å². The van der Waals surface area contributed by atoms with Gasteiger partial charge in [0, 0.05) is 15.7 Å². The van der Waals surface area contributed by atoms with E-state index in [-0.39, 0.29) is 16.1 Å². The first kappa shape index (κ1) is 19.9. The van der Waals surface area contributed by atoms with E-state index in [0.717, 1.165) is 4.47 Å². The summed E-state index contributed by atoms with van der Waals surface area (Å²) in [6.45, 7) is 0. The van der Waals surface area contributed by atoms with Crippen LogP contribution in [0.2, 0.25) is 0 Å². The van der Waals surface area contributed by atoms with Crippen molar-refractivity contribution in [2.75, 3.05) is 12.4 Å². The van der Waals surface area contributed by atoms with Gasteiger partial charge < -0.3 is 14.8 Å². The van der Waals surface area contributed by atoms with Gasteiger partial charge in [0.05, 0.1) is 12.0 Å². The van der Waals surface area contributed by atoms with E-state index in [1.54, 1.807) is 48.5 Å².